The van der Waals surface area contributed by atoms with Crippen LogP contribution in [0.1, 0.15) is 34.6 Å². The van der Waals surface area contributed by atoms with Gasteiger partial charge in [0.15, 0.2) is 0 Å². The Bertz CT molecular complexity index is 822. The highest BCUT2D eigenvalue weighted by Gasteiger charge is 2.40. The highest BCUT2D eigenvalue weighted by atomic mass is 79.9. The minimum absolute atomic E-state index is 0.0102. The first kappa shape index (κ1) is 16.8. The number of carbonyl (C=O) groups excluding carboxylic acids is 1. The fourth-order valence-electron chi connectivity index (χ4n) is 4.05. The maximum absolute atomic E-state index is 12.9. The monoisotopic (exact) mass is 401 g/mol. The van der Waals surface area contributed by atoms with E-state index >= 15 is 0 Å². The van der Waals surface area contributed by atoms with Crippen LogP contribution in [-0.2, 0) is 24.3 Å². The van der Waals surface area contributed by atoms with E-state index < -0.39 is 12.2 Å². The molecule has 4 rings (SSSR count). The molecule has 2 aromatic carbocycles. The summed E-state index contributed by atoms with van der Waals surface area (Å²) in [6, 6.07) is 13.9. The number of nitrogens with zero attached hydrogens (tertiary/aromatic N) is 1. The van der Waals surface area contributed by atoms with Crippen LogP contribution >= 0.6 is 15.9 Å². The number of rotatable bonds is 2. The lowest BCUT2D eigenvalue weighted by Gasteiger charge is -2.33. The van der Waals surface area contributed by atoms with Gasteiger partial charge in [-0.25, -0.2) is 0 Å². The molecule has 1 aliphatic carbocycles. The van der Waals surface area contributed by atoms with Gasteiger partial charge in [0.25, 0.3) is 0 Å². The molecule has 0 radical (unpaired) electrons. The molecule has 3 atom stereocenters. The molecule has 0 saturated heterocycles. The van der Waals surface area contributed by atoms with Crippen molar-refractivity contribution in [3.63, 3.8) is 0 Å². The first-order valence-electron chi connectivity index (χ1n) is 8.52. The number of aliphatic hydroxyl groups is 2. The van der Waals surface area contributed by atoms with E-state index in [9.17, 15) is 15.0 Å². The van der Waals surface area contributed by atoms with Crippen LogP contribution in [-0.4, -0.2) is 33.2 Å². The van der Waals surface area contributed by atoms with E-state index in [4.69, 9.17) is 0 Å². The van der Waals surface area contributed by atoms with Crippen molar-refractivity contribution in [2.45, 2.75) is 44.1 Å². The molecule has 1 heterocycles. The summed E-state index contributed by atoms with van der Waals surface area (Å²) in [5.74, 6) is -0.317. The lowest BCUT2D eigenvalue weighted by Crippen LogP contribution is -2.39. The smallest absolute Gasteiger partial charge is 0.223 e. The SMILES string of the molecule is O=C1C[C@@H]2c3c(cccc3CN1Cc1ccccc1Br)C[C@@H](O)[C@H]2O. The van der Waals surface area contributed by atoms with Gasteiger partial charge in [-0.1, -0.05) is 52.3 Å². The first-order valence-corrected chi connectivity index (χ1v) is 9.32. The fraction of sp³-hybridized carbons (Fsp3) is 0.350. The number of amides is 1. The lowest BCUT2D eigenvalue weighted by atomic mass is 9.76. The Morgan fingerprint density at radius 3 is 2.60 bits per heavy atom. The van der Waals surface area contributed by atoms with Crippen LogP contribution in [0, 0.1) is 0 Å². The Hall–Kier alpha value is -1.69. The van der Waals surface area contributed by atoms with Crippen molar-refractivity contribution >= 4 is 21.8 Å². The van der Waals surface area contributed by atoms with Crippen LogP contribution < -0.4 is 0 Å². The summed E-state index contributed by atoms with van der Waals surface area (Å²) in [6.45, 7) is 1.05. The summed E-state index contributed by atoms with van der Waals surface area (Å²) in [7, 11) is 0. The second-order valence-corrected chi connectivity index (χ2v) is 7.76. The minimum atomic E-state index is -0.888. The van der Waals surface area contributed by atoms with Crippen LogP contribution in [0.4, 0.5) is 0 Å². The van der Waals surface area contributed by atoms with Gasteiger partial charge in [-0.15, -0.1) is 0 Å². The molecule has 0 fully saturated rings. The van der Waals surface area contributed by atoms with E-state index in [1.807, 2.05) is 47.4 Å². The zero-order valence-corrected chi connectivity index (χ0v) is 15.3. The molecule has 2 aromatic rings. The highest BCUT2D eigenvalue weighted by molar-refractivity contribution is 9.10. The van der Waals surface area contributed by atoms with E-state index in [1.54, 1.807) is 0 Å². The molecular weight excluding hydrogens is 382 g/mol. The van der Waals surface area contributed by atoms with Crippen LogP contribution in [0.15, 0.2) is 46.9 Å². The van der Waals surface area contributed by atoms with Crippen molar-refractivity contribution in [3.05, 3.63) is 69.2 Å². The van der Waals surface area contributed by atoms with Crippen molar-refractivity contribution < 1.29 is 15.0 Å². The average molecular weight is 402 g/mol. The predicted molar refractivity (Wildman–Crippen MR) is 97.9 cm³/mol. The van der Waals surface area contributed by atoms with E-state index in [2.05, 4.69) is 15.9 Å². The highest BCUT2D eigenvalue weighted by Crippen LogP contribution is 2.40. The molecule has 0 saturated carbocycles. The number of aliphatic hydroxyl groups excluding tert-OH is 2. The summed E-state index contributed by atoms with van der Waals surface area (Å²) in [5.41, 5.74) is 4.24. The molecule has 4 nitrogen and oxygen atoms in total. The molecule has 25 heavy (non-hydrogen) atoms. The molecule has 1 aliphatic heterocycles. The number of carbonyl (C=O) groups is 1. The number of benzene rings is 2. The van der Waals surface area contributed by atoms with Gasteiger partial charge in [0.2, 0.25) is 5.91 Å². The van der Waals surface area contributed by atoms with Crippen molar-refractivity contribution in [1.29, 1.82) is 0 Å². The molecule has 0 aromatic heterocycles. The second-order valence-electron chi connectivity index (χ2n) is 6.90. The average Bonchev–Trinajstić information content (AvgIpc) is 2.73. The van der Waals surface area contributed by atoms with Gasteiger partial charge in [-0.3, -0.25) is 4.79 Å². The number of hydrogen-bond acceptors (Lipinski definition) is 3. The zero-order valence-electron chi connectivity index (χ0n) is 13.7. The van der Waals surface area contributed by atoms with Crippen molar-refractivity contribution in [2.24, 2.45) is 0 Å². The molecule has 2 aliphatic rings. The maximum Gasteiger partial charge on any atom is 0.223 e. The van der Waals surface area contributed by atoms with Crippen LogP contribution in [0.25, 0.3) is 0 Å². The Morgan fingerprint density at radius 2 is 1.80 bits per heavy atom. The maximum atomic E-state index is 12.9. The first-order chi connectivity index (χ1) is 12.0. The third-order valence-corrected chi connectivity index (χ3v) is 6.09. The number of hydrogen-bond donors (Lipinski definition) is 2. The van der Waals surface area contributed by atoms with Crippen LogP contribution in [0.5, 0.6) is 0 Å². The molecule has 5 heteroatoms. The van der Waals surface area contributed by atoms with Crippen molar-refractivity contribution in [3.8, 4) is 0 Å². The van der Waals surface area contributed by atoms with Gasteiger partial charge in [-0.2, -0.15) is 0 Å². The largest absolute Gasteiger partial charge is 0.390 e. The topological polar surface area (TPSA) is 60.8 Å². The molecule has 0 unspecified atom stereocenters. The van der Waals surface area contributed by atoms with E-state index in [-0.39, 0.29) is 18.2 Å². The quantitative estimate of drug-likeness (QED) is 0.812. The van der Waals surface area contributed by atoms with E-state index in [0.717, 1.165) is 26.7 Å². The number of halogens is 1. The van der Waals surface area contributed by atoms with Crippen molar-refractivity contribution in [1.82, 2.24) is 4.90 Å². The van der Waals surface area contributed by atoms with Crippen molar-refractivity contribution in [2.75, 3.05) is 0 Å². The summed E-state index contributed by atoms with van der Waals surface area (Å²) >= 11 is 3.55. The van der Waals surface area contributed by atoms with E-state index in [1.165, 1.54) is 0 Å². The van der Waals surface area contributed by atoms with Gasteiger partial charge < -0.3 is 15.1 Å². The summed E-state index contributed by atoms with van der Waals surface area (Å²) in [4.78, 5) is 14.7. The zero-order chi connectivity index (χ0) is 17.6. The second kappa shape index (κ2) is 6.56. The molecule has 130 valence electrons. The Kier molecular flexibility index (Phi) is 4.40. The third-order valence-electron chi connectivity index (χ3n) is 5.32. The molecular formula is C20H20BrNO3. The Labute approximate surface area is 155 Å². The summed E-state index contributed by atoms with van der Waals surface area (Å²) in [6.07, 6.45) is -1.03. The molecule has 2 N–H and O–H groups in total. The normalized spacial score (nSPS) is 25.5. The summed E-state index contributed by atoms with van der Waals surface area (Å²) in [5, 5.41) is 20.7. The Morgan fingerprint density at radius 1 is 1.04 bits per heavy atom. The molecule has 1 amide bonds. The standard InChI is InChI=1S/C20H20BrNO3/c21-16-7-2-1-4-13(16)10-22-11-14-6-3-5-12-8-17(23)20(25)15(19(12)14)9-18(22)24/h1-7,15,17,20,23,25H,8-11H2/t15-,17-,20+/m1/s1. The van der Waals surface area contributed by atoms with Crippen LogP contribution in [0.2, 0.25) is 0 Å². The van der Waals surface area contributed by atoms with Gasteiger partial charge in [0.05, 0.1) is 12.2 Å². The lowest BCUT2D eigenvalue weighted by molar-refractivity contribution is -0.133. The molecule has 0 bridgehead atoms. The molecule has 0 spiro atoms. The minimum Gasteiger partial charge on any atom is -0.390 e. The fourth-order valence-corrected chi connectivity index (χ4v) is 4.46. The summed E-state index contributed by atoms with van der Waals surface area (Å²) < 4.78 is 0.984. The van der Waals surface area contributed by atoms with Crippen LogP contribution in [0.3, 0.4) is 0 Å². The third kappa shape index (κ3) is 3.01. The Balaban J connectivity index is 1.71. The van der Waals surface area contributed by atoms with E-state index in [0.29, 0.717) is 19.5 Å². The predicted octanol–water partition coefficient (Wildman–Crippen LogP) is 2.74. The van der Waals surface area contributed by atoms with Gasteiger partial charge >= 0.3 is 0 Å². The van der Waals surface area contributed by atoms with Gasteiger partial charge in [-0.05, 0) is 28.3 Å². The van der Waals surface area contributed by atoms with Gasteiger partial charge in [0.1, 0.15) is 0 Å². The van der Waals surface area contributed by atoms with Gasteiger partial charge in [0, 0.05) is 36.3 Å².